The molecule has 2 N–H and O–H groups in total. The topological polar surface area (TPSA) is 90.3 Å². The molecule has 136 valence electrons. The first kappa shape index (κ1) is 17.9. The number of nitrogens with zero attached hydrogens (tertiary/aromatic N) is 3. The average molecular weight is 354 g/mol. The number of nitrogen functional groups attached to an aromatic ring is 1. The molecule has 1 aromatic carbocycles. The number of hydrogen-bond donors (Lipinski definition) is 1. The number of carbonyl (C=O) groups excluding carboxylic acids is 1. The van der Waals surface area contributed by atoms with Crippen LogP contribution in [0.5, 0.6) is 0 Å². The maximum atomic E-state index is 12.7. The van der Waals surface area contributed by atoms with E-state index in [0.29, 0.717) is 6.54 Å². The van der Waals surface area contributed by atoms with Crippen LogP contribution in [0.4, 0.5) is 5.82 Å². The second-order valence-corrected chi connectivity index (χ2v) is 6.47. The molecule has 7 heteroatoms. The van der Waals surface area contributed by atoms with Crippen LogP contribution in [-0.4, -0.2) is 39.5 Å². The van der Waals surface area contributed by atoms with Gasteiger partial charge in [0.15, 0.2) is 5.78 Å². The molecule has 0 amide bonds. The molecule has 0 fully saturated rings. The Labute approximate surface area is 151 Å². The van der Waals surface area contributed by atoms with Gasteiger partial charge in [0.2, 0.25) is 0 Å². The summed E-state index contributed by atoms with van der Waals surface area (Å²) in [5.74, 6) is -0.448. The predicted octanol–water partition coefficient (Wildman–Crippen LogP) is 0.638. The van der Waals surface area contributed by atoms with Gasteiger partial charge in [0.1, 0.15) is 11.4 Å². The van der Waals surface area contributed by atoms with E-state index in [0.717, 1.165) is 22.1 Å². The fraction of sp³-hybridized carbons (Fsp3) is 0.316. The summed E-state index contributed by atoms with van der Waals surface area (Å²) < 4.78 is 2.03. The van der Waals surface area contributed by atoms with Gasteiger partial charge in [0.05, 0.1) is 6.54 Å². The molecule has 0 radical (unpaired) electrons. The van der Waals surface area contributed by atoms with E-state index in [2.05, 4.69) is 18.2 Å². The van der Waals surface area contributed by atoms with Crippen molar-refractivity contribution in [1.29, 1.82) is 0 Å². The van der Waals surface area contributed by atoms with Crippen molar-refractivity contribution in [1.82, 2.24) is 14.0 Å². The highest BCUT2D eigenvalue weighted by atomic mass is 16.2. The minimum atomic E-state index is -0.645. The molecule has 0 spiro atoms. The first-order chi connectivity index (χ1) is 12.4. The monoisotopic (exact) mass is 354 g/mol. The minimum absolute atomic E-state index is 0.0828. The number of ketones is 1. The van der Waals surface area contributed by atoms with Crippen molar-refractivity contribution < 1.29 is 4.79 Å². The highest BCUT2D eigenvalue weighted by Crippen LogP contribution is 2.22. The number of rotatable bonds is 4. The highest BCUT2D eigenvalue weighted by Gasteiger charge is 2.23. The normalized spacial score (nSPS) is 14.9. The third kappa shape index (κ3) is 3.25. The fourth-order valence-corrected chi connectivity index (χ4v) is 3.17. The lowest BCUT2D eigenvalue weighted by atomic mass is 9.99. The molecule has 7 nitrogen and oxygen atoms in total. The van der Waals surface area contributed by atoms with Gasteiger partial charge in [-0.1, -0.05) is 36.4 Å². The van der Waals surface area contributed by atoms with Gasteiger partial charge in [0.25, 0.3) is 5.56 Å². The van der Waals surface area contributed by atoms with Crippen LogP contribution in [-0.2, 0) is 14.1 Å². The van der Waals surface area contributed by atoms with E-state index in [9.17, 15) is 14.4 Å². The number of nitrogens with two attached hydrogens (primary N) is 1. The van der Waals surface area contributed by atoms with Crippen LogP contribution < -0.4 is 17.0 Å². The molecule has 0 saturated heterocycles. The first-order valence-corrected chi connectivity index (χ1v) is 8.45. The molecule has 0 aliphatic carbocycles. The van der Waals surface area contributed by atoms with Crippen LogP contribution in [0.3, 0.4) is 0 Å². The standard InChI is InChI=1S/C19H22N4O3/c1-21-17(20)16(18(25)22(2)19(21)26)15(24)12-23-10-8-14(9-11-23)13-6-4-3-5-7-13/h3-8H,9-12,20H2,1-2H3. The molecule has 0 saturated carbocycles. The molecule has 0 atom stereocenters. The van der Waals surface area contributed by atoms with Crippen LogP contribution >= 0.6 is 0 Å². The summed E-state index contributed by atoms with van der Waals surface area (Å²) in [5, 5.41) is 0. The van der Waals surface area contributed by atoms with E-state index in [1.807, 2.05) is 23.1 Å². The van der Waals surface area contributed by atoms with Gasteiger partial charge in [-0.05, 0) is 17.6 Å². The van der Waals surface area contributed by atoms with Crippen LogP contribution in [0.15, 0.2) is 46.0 Å². The van der Waals surface area contributed by atoms with Crippen molar-refractivity contribution >= 4 is 17.2 Å². The Hall–Kier alpha value is -2.93. The van der Waals surface area contributed by atoms with Gasteiger partial charge in [-0.15, -0.1) is 0 Å². The Kier molecular flexibility index (Phi) is 4.90. The van der Waals surface area contributed by atoms with E-state index in [4.69, 9.17) is 5.73 Å². The first-order valence-electron chi connectivity index (χ1n) is 8.45. The minimum Gasteiger partial charge on any atom is -0.384 e. The van der Waals surface area contributed by atoms with Crippen LogP contribution in [0.25, 0.3) is 5.57 Å². The molecule has 0 unspecified atom stereocenters. The smallest absolute Gasteiger partial charge is 0.332 e. The number of Topliss-reactive ketones (excluding diaryl/α,β-unsaturated/α-hetero) is 1. The molecule has 3 rings (SSSR count). The van der Waals surface area contributed by atoms with E-state index >= 15 is 0 Å². The zero-order chi connectivity index (χ0) is 18.8. The SMILES string of the molecule is Cn1c(N)c(C(=O)CN2CC=C(c3ccccc3)CC2)c(=O)n(C)c1=O. The molecule has 1 aliphatic heterocycles. The Morgan fingerprint density at radius 2 is 1.81 bits per heavy atom. The fourth-order valence-electron chi connectivity index (χ4n) is 3.17. The van der Waals surface area contributed by atoms with Gasteiger partial charge in [-0.25, -0.2) is 4.79 Å². The number of benzene rings is 1. The average Bonchev–Trinajstić information content (AvgIpc) is 2.66. The summed E-state index contributed by atoms with van der Waals surface area (Å²) >= 11 is 0. The molecule has 1 aromatic heterocycles. The molecular formula is C19H22N4O3. The lowest BCUT2D eigenvalue weighted by Crippen LogP contribution is -2.43. The number of anilines is 1. The summed E-state index contributed by atoms with van der Waals surface area (Å²) in [4.78, 5) is 38.8. The zero-order valence-corrected chi connectivity index (χ0v) is 14.9. The Balaban J connectivity index is 1.78. The second kappa shape index (κ2) is 7.13. The maximum absolute atomic E-state index is 12.7. The number of hydrogen-bond acceptors (Lipinski definition) is 5. The zero-order valence-electron chi connectivity index (χ0n) is 14.9. The van der Waals surface area contributed by atoms with Crippen molar-refractivity contribution in [2.45, 2.75) is 6.42 Å². The van der Waals surface area contributed by atoms with Crippen LogP contribution in [0.2, 0.25) is 0 Å². The quantitative estimate of drug-likeness (QED) is 0.814. The summed E-state index contributed by atoms with van der Waals surface area (Å²) in [6, 6.07) is 10.1. The van der Waals surface area contributed by atoms with Gasteiger partial charge >= 0.3 is 5.69 Å². The number of aromatic nitrogens is 2. The van der Waals surface area contributed by atoms with Crippen molar-refractivity contribution in [2.75, 3.05) is 25.4 Å². The third-order valence-electron chi connectivity index (χ3n) is 4.79. The molecule has 0 bridgehead atoms. The van der Waals surface area contributed by atoms with Crippen molar-refractivity contribution in [3.05, 3.63) is 68.4 Å². The van der Waals surface area contributed by atoms with Gasteiger partial charge in [0, 0.05) is 27.2 Å². The molecule has 26 heavy (non-hydrogen) atoms. The van der Waals surface area contributed by atoms with Crippen molar-refractivity contribution in [3.63, 3.8) is 0 Å². The Morgan fingerprint density at radius 1 is 1.12 bits per heavy atom. The highest BCUT2D eigenvalue weighted by molar-refractivity contribution is 6.01. The third-order valence-corrected chi connectivity index (χ3v) is 4.79. The molecular weight excluding hydrogens is 332 g/mol. The van der Waals surface area contributed by atoms with E-state index in [1.54, 1.807) is 0 Å². The van der Waals surface area contributed by atoms with E-state index < -0.39 is 11.2 Å². The van der Waals surface area contributed by atoms with Crippen LogP contribution in [0, 0.1) is 0 Å². The Morgan fingerprint density at radius 3 is 2.42 bits per heavy atom. The van der Waals surface area contributed by atoms with Gasteiger partial charge in [-0.2, -0.15) is 0 Å². The predicted molar refractivity (Wildman–Crippen MR) is 101 cm³/mol. The lowest BCUT2D eigenvalue weighted by Gasteiger charge is -2.26. The second-order valence-electron chi connectivity index (χ2n) is 6.47. The summed E-state index contributed by atoms with van der Waals surface area (Å²) in [7, 11) is 2.79. The lowest BCUT2D eigenvalue weighted by molar-refractivity contribution is 0.0935. The van der Waals surface area contributed by atoms with Gasteiger partial charge in [-0.3, -0.25) is 23.6 Å². The van der Waals surface area contributed by atoms with Crippen molar-refractivity contribution in [3.8, 4) is 0 Å². The number of carbonyl (C=O) groups is 1. The van der Waals surface area contributed by atoms with E-state index in [-0.39, 0.29) is 23.7 Å². The maximum Gasteiger partial charge on any atom is 0.332 e. The summed E-state index contributed by atoms with van der Waals surface area (Å²) in [6.07, 6.45) is 2.94. The summed E-state index contributed by atoms with van der Waals surface area (Å²) in [5.41, 5.74) is 6.99. The molecule has 1 aliphatic rings. The van der Waals surface area contributed by atoms with Crippen molar-refractivity contribution in [2.24, 2.45) is 14.1 Å². The Bertz CT molecular complexity index is 986. The summed E-state index contributed by atoms with van der Waals surface area (Å²) in [6.45, 7) is 1.44. The largest absolute Gasteiger partial charge is 0.384 e. The van der Waals surface area contributed by atoms with Gasteiger partial charge < -0.3 is 5.73 Å². The van der Waals surface area contributed by atoms with E-state index in [1.165, 1.54) is 25.2 Å². The van der Waals surface area contributed by atoms with Crippen LogP contribution in [0.1, 0.15) is 22.3 Å². The molecule has 2 aromatic rings. The molecule has 2 heterocycles.